The maximum atomic E-state index is 13.1. The Kier molecular flexibility index (Phi) is 3.96. The second-order valence-corrected chi connectivity index (χ2v) is 6.58. The summed E-state index contributed by atoms with van der Waals surface area (Å²) in [5, 5.41) is 9.83. The van der Waals surface area contributed by atoms with E-state index < -0.39 is 5.72 Å². The molecule has 7 nitrogen and oxygen atoms in total. The Bertz CT molecular complexity index is 932. The average Bonchev–Trinajstić information content (AvgIpc) is 3.34. The summed E-state index contributed by atoms with van der Waals surface area (Å²) in [4.78, 5) is 14.7. The molecule has 1 amide bonds. The number of amides is 1. The third-order valence-corrected chi connectivity index (χ3v) is 4.93. The van der Waals surface area contributed by atoms with Crippen LogP contribution < -0.4 is 15.2 Å². The number of aromatic hydroxyl groups is 1. The van der Waals surface area contributed by atoms with Gasteiger partial charge in [-0.05, 0) is 29.3 Å². The van der Waals surface area contributed by atoms with Crippen LogP contribution in [0.25, 0.3) is 5.57 Å². The highest BCUT2D eigenvalue weighted by atomic mass is 16.6. The van der Waals surface area contributed by atoms with Gasteiger partial charge in [-0.2, -0.15) is 0 Å². The number of hydrogen-bond acceptors (Lipinski definition) is 6. The van der Waals surface area contributed by atoms with Crippen LogP contribution in [0.1, 0.15) is 22.3 Å². The molecule has 1 fully saturated rings. The third kappa shape index (κ3) is 2.86. The van der Waals surface area contributed by atoms with E-state index in [1.807, 2.05) is 24.3 Å². The highest BCUT2D eigenvalue weighted by molar-refractivity contribution is 6.02. The van der Waals surface area contributed by atoms with Gasteiger partial charge in [-0.1, -0.05) is 12.1 Å². The van der Waals surface area contributed by atoms with Crippen LogP contribution in [-0.4, -0.2) is 42.5 Å². The average molecular weight is 368 g/mol. The van der Waals surface area contributed by atoms with Crippen LogP contribution in [0.15, 0.2) is 42.6 Å². The van der Waals surface area contributed by atoms with Gasteiger partial charge in [0.25, 0.3) is 5.91 Å². The molecule has 1 atom stereocenters. The minimum atomic E-state index is -0.663. The van der Waals surface area contributed by atoms with Crippen molar-refractivity contribution in [2.24, 2.45) is 0 Å². The summed E-state index contributed by atoms with van der Waals surface area (Å²) in [5.41, 5.74) is 7.73. The fourth-order valence-electron chi connectivity index (χ4n) is 3.31. The van der Waals surface area contributed by atoms with Crippen LogP contribution in [0.4, 0.5) is 5.69 Å². The third-order valence-electron chi connectivity index (χ3n) is 4.93. The van der Waals surface area contributed by atoms with Crippen LogP contribution in [-0.2, 0) is 4.74 Å². The van der Waals surface area contributed by atoms with Crippen LogP contribution in [0, 0.1) is 0 Å². The van der Waals surface area contributed by atoms with Gasteiger partial charge in [0.05, 0.1) is 26.4 Å². The molecule has 4 rings (SSSR count). The van der Waals surface area contributed by atoms with Crippen molar-refractivity contribution in [2.75, 3.05) is 26.6 Å². The maximum absolute atomic E-state index is 13.1. The number of phenolic OH excluding ortho intramolecular Hbond substituents is 1. The predicted octanol–water partition coefficient (Wildman–Crippen LogP) is 2.61. The molecule has 27 heavy (non-hydrogen) atoms. The Hall–Kier alpha value is -3.19. The second-order valence-electron chi connectivity index (χ2n) is 6.58. The Morgan fingerprint density at radius 1 is 1.22 bits per heavy atom. The molecular formula is C20H20N2O5. The first-order chi connectivity index (χ1) is 13.0. The molecule has 2 heterocycles. The number of methoxy groups -OCH3 is 2. The number of hydrogen-bond donors (Lipinski definition) is 2. The Balaban J connectivity index is 1.68. The van der Waals surface area contributed by atoms with Gasteiger partial charge < -0.3 is 25.1 Å². The van der Waals surface area contributed by atoms with Crippen molar-refractivity contribution < 1.29 is 24.1 Å². The molecule has 0 aromatic heterocycles. The molecule has 0 aliphatic carbocycles. The number of epoxide rings is 1. The van der Waals surface area contributed by atoms with Crippen molar-refractivity contribution in [1.82, 2.24) is 4.90 Å². The predicted molar refractivity (Wildman–Crippen MR) is 99.5 cm³/mol. The van der Waals surface area contributed by atoms with Gasteiger partial charge in [0, 0.05) is 24.4 Å². The molecule has 2 aliphatic rings. The van der Waals surface area contributed by atoms with Crippen LogP contribution >= 0.6 is 0 Å². The highest BCUT2D eigenvalue weighted by Gasteiger charge is 2.56. The van der Waals surface area contributed by atoms with E-state index in [1.165, 1.54) is 19.2 Å². The summed E-state index contributed by atoms with van der Waals surface area (Å²) in [6, 6.07) is 10.4. The number of nitrogens with zero attached hydrogens (tertiary/aromatic N) is 1. The Labute approximate surface area is 156 Å². The number of carbonyl (C=O) groups is 1. The van der Waals surface area contributed by atoms with Gasteiger partial charge in [0.15, 0.2) is 17.2 Å². The largest absolute Gasteiger partial charge is 0.504 e. The lowest BCUT2D eigenvalue weighted by atomic mass is 10.0. The molecular weight excluding hydrogens is 348 g/mol. The smallest absolute Gasteiger partial charge is 0.262 e. The maximum Gasteiger partial charge on any atom is 0.262 e. The number of anilines is 1. The first-order valence-electron chi connectivity index (χ1n) is 8.46. The number of carbonyl (C=O) groups excluding carboxylic acids is 1. The van der Waals surface area contributed by atoms with Gasteiger partial charge >= 0.3 is 0 Å². The second kappa shape index (κ2) is 6.21. The fourth-order valence-corrected chi connectivity index (χ4v) is 3.31. The summed E-state index contributed by atoms with van der Waals surface area (Å²) >= 11 is 0. The van der Waals surface area contributed by atoms with Crippen molar-refractivity contribution in [3.63, 3.8) is 0 Å². The molecule has 1 saturated heterocycles. The van der Waals surface area contributed by atoms with Gasteiger partial charge in [0.2, 0.25) is 0 Å². The van der Waals surface area contributed by atoms with E-state index in [-0.39, 0.29) is 28.7 Å². The van der Waals surface area contributed by atoms with Crippen LogP contribution in [0.2, 0.25) is 0 Å². The SMILES string of the molecule is COc1ccc(C2=CN(C(=O)c3cc(OC)c(O)cc3N)[C@]3(CO3)C2)cc1. The van der Waals surface area contributed by atoms with E-state index >= 15 is 0 Å². The molecule has 140 valence electrons. The summed E-state index contributed by atoms with van der Waals surface area (Å²) < 4.78 is 15.9. The summed E-state index contributed by atoms with van der Waals surface area (Å²) in [6.07, 6.45) is 2.40. The van der Waals surface area contributed by atoms with Crippen molar-refractivity contribution in [3.05, 3.63) is 53.7 Å². The van der Waals surface area contributed by atoms with Gasteiger partial charge in [-0.25, -0.2) is 0 Å². The first-order valence-corrected chi connectivity index (χ1v) is 8.46. The van der Waals surface area contributed by atoms with Crippen molar-refractivity contribution in [1.29, 1.82) is 0 Å². The van der Waals surface area contributed by atoms with E-state index in [2.05, 4.69) is 0 Å². The molecule has 3 N–H and O–H groups in total. The summed E-state index contributed by atoms with van der Waals surface area (Å²) in [5.74, 6) is 0.551. The number of phenols is 1. The zero-order valence-electron chi connectivity index (χ0n) is 15.1. The van der Waals surface area contributed by atoms with E-state index in [4.69, 9.17) is 19.9 Å². The quantitative estimate of drug-likeness (QED) is 0.636. The molecule has 0 unspecified atom stereocenters. The summed E-state index contributed by atoms with van der Waals surface area (Å²) in [6.45, 7) is 0.462. The normalized spacial score (nSPS) is 20.5. The topological polar surface area (TPSA) is 97.5 Å². The van der Waals surface area contributed by atoms with Crippen LogP contribution in [0.5, 0.6) is 17.2 Å². The van der Waals surface area contributed by atoms with Crippen molar-refractivity contribution in [2.45, 2.75) is 12.1 Å². The molecule has 1 spiro atoms. The molecule has 0 bridgehead atoms. The van der Waals surface area contributed by atoms with Crippen LogP contribution in [0.3, 0.4) is 0 Å². The molecule has 2 aliphatic heterocycles. The lowest BCUT2D eigenvalue weighted by Crippen LogP contribution is -2.36. The number of benzene rings is 2. The first kappa shape index (κ1) is 17.2. The Morgan fingerprint density at radius 3 is 2.52 bits per heavy atom. The zero-order valence-corrected chi connectivity index (χ0v) is 15.1. The number of nitrogen functional groups attached to an aromatic ring is 1. The fraction of sp³-hybridized carbons (Fsp3) is 0.250. The lowest BCUT2D eigenvalue weighted by Gasteiger charge is -2.21. The molecule has 2 aromatic rings. The van der Waals surface area contributed by atoms with Gasteiger partial charge in [0.1, 0.15) is 5.75 Å². The highest BCUT2D eigenvalue weighted by Crippen LogP contribution is 2.47. The molecule has 7 heteroatoms. The minimum Gasteiger partial charge on any atom is -0.504 e. The monoisotopic (exact) mass is 368 g/mol. The number of ether oxygens (including phenoxy) is 3. The molecule has 0 saturated carbocycles. The zero-order chi connectivity index (χ0) is 19.2. The van der Waals surface area contributed by atoms with Gasteiger partial charge in [-0.15, -0.1) is 0 Å². The van der Waals surface area contributed by atoms with Crippen molar-refractivity contribution in [3.8, 4) is 17.2 Å². The standard InChI is InChI=1S/C20H20N2O5/c1-25-14-5-3-12(4-6-14)13-9-20(11-27-20)22(10-13)19(24)15-7-18(26-2)17(23)8-16(15)21/h3-8,10,23H,9,11,21H2,1-2H3/t20-/m1/s1. The summed E-state index contributed by atoms with van der Waals surface area (Å²) in [7, 11) is 3.04. The molecule has 2 aromatic carbocycles. The van der Waals surface area contributed by atoms with Crippen molar-refractivity contribution >= 4 is 17.2 Å². The lowest BCUT2D eigenvalue weighted by molar-refractivity contribution is 0.0650. The van der Waals surface area contributed by atoms with E-state index in [0.29, 0.717) is 13.0 Å². The van der Waals surface area contributed by atoms with E-state index in [1.54, 1.807) is 18.2 Å². The molecule has 0 radical (unpaired) electrons. The minimum absolute atomic E-state index is 0.111. The number of rotatable bonds is 4. The van der Waals surface area contributed by atoms with E-state index in [0.717, 1.165) is 16.9 Å². The number of nitrogens with two attached hydrogens (primary N) is 1. The Morgan fingerprint density at radius 2 is 1.93 bits per heavy atom. The van der Waals surface area contributed by atoms with E-state index in [9.17, 15) is 9.90 Å². The van der Waals surface area contributed by atoms with Gasteiger partial charge in [-0.3, -0.25) is 9.69 Å².